The molecule has 0 radical (unpaired) electrons. The molecule has 0 saturated carbocycles. The van der Waals surface area contributed by atoms with E-state index in [-0.39, 0.29) is 5.78 Å². The lowest BCUT2D eigenvalue weighted by Gasteiger charge is -2.08. The van der Waals surface area contributed by atoms with Gasteiger partial charge in [0.05, 0.1) is 0 Å². The van der Waals surface area contributed by atoms with Crippen LogP contribution in [0.3, 0.4) is 0 Å². The Morgan fingerprint density at radius 1 is 0.692 bits per heavy atom. The lowest BCUT2D eigenvalue weighted by molar-refractivity contribution is -0.110. The maximum atomic E-state index is 12.5. The number of hydrogen-bond acceptors (Lipinski definition) is 1. The molecule has 26 heavy (non-hydrogen) atoms. The first-order valence-corrected chi connectivity index (χ1v) is 8.75. The normalized spacial score (nSPS) is 11.7. The number of carbonyl (C=O) groups excluding carboxylic acids is 1. The molecule has 0 bridgehead atoms. The van der Waals surface area contributed by atoms with Gasteiger partial charge in [-0.3, -0.25) is 4.79 Å². The van der Waals surface area contributed by atoms with Crippen molar-refractivity contribution in [2.24, 2.45) is 0 Å². The van der Waals surface area contributed by atoms with Crippen molar-refractivity contribution in [3.05, 3.63) is 119 Å². The molecule has 0 fully saturated rings. The molecule has 0 aliphatic rings. The zero-order chi connectivity index (χ0) is 18.4. The van der Waals surface area contributed by atoms with Crippen LogP contribution in [0.5, 0.6) is 0 Å². The van der Waals surface area contributed by atoms with E-state index in [1.165, 1.54) is 11.1 Å². The molecule has 0 aromatic heterocycles. The summed E-state index contributed by atoms with van der Waals surface area (Å²) in [5.74, 6) is -0.0231. The number of rotatable bonds is 5. The number of hydrogen-bond donors (Lipinski definition) is 0. The molecule has 0 aliphatic carbocycles. The van der Waals surface area contributed by atoms with Gasteiger partial charge >= 0.3 is 0 Å². The molecule has 0 amide bonds. The van der Waals surface area contributed by atoms with Crippen LogP contribution < -0.4 is 0 Å². The third-order valence-corrected chi connectivity index (χ3v) is 4.25. The first kappa shape index (κ1) is 17.6. The number of ketones is 1. The highest BCUT2D eigenvalue weighted by Crippen LogP contribution is 2.24. The van der Waals surface area contributed by atoms with Gasteiger partial charge in [0.1, 0.15) is 0 Å². The summed E-state index contributed by atoms with van der Waals surface area (Å²) >= 11 is 0. The van der Waals surface area contributed by atoms with E-state index < -0.39 is 0 Å². The number of aryl methyl sites for hydroxylation is 2. The zero-order valence-electron chi connectivity index (χ0n) is 15.1. The van der Waals surface area contributed by atoms with Crippen molar-refractivity contribution in [2.45, 2.75) is 13.8 Å². The molecule has 0 N–H and O–H groups in total. The van der Waals surface area contributed by atoms with Gasteiger partial charge in [0.15, 0.2) is 5.78 Å². The largest absolute Gasteiger partial charge is 0.290 e. The molecule has 0 atom stereocenters. The molecule has 1 nitrogen and oxygen atoms in total. The molecule has 0 unspecified atom stereocenters. The maximum absolute atomic E-state index is 12.5. The molecular weight excluding hydrogens is 316 g/mol. The van der Waals surface area contributed by atoms with Crippen molar-refractivity contribution in [3.8, 4) is 0 Å². The van der Waals surface area contributed by atoms with Crippen LogP contribution in [0, 0.1) is 13.8 Å². The van der Waals surface area contributed by atoms with Crippen molar-refractivity contribution in [1.82, 2.24) is 0 Å². The van der Waals surface area contributed by atoms with Gasteiger partial charge in [0, 0.05) is 0 Å². The topological polar surface area (TPSA) is 17.1 Å². The lowest BCUT2D eigenvalue weighted by Crippen LogP contribution is -1.94. The van der Waals surface area contributed by atoms with E-state index in [2.05, 4.69) is 38.1 Å². The molecule has 3 rings (SSSR count). The van der Waals surface area contributed by atoms with E-state index in [0.717, 1.165) is 22.3 Å². The first-order valence-electron chi connectivity index (χ1n) is 8.75. The summed E-state index contributed by atoms with van der Waals surface area (Å²) in [6.45, 7) is 4.11. The quantitative estimate of drug-likeness (QED) is 0.520. The van der Waals surface area contributed by atoms with Crippen molar-refractivity contribution in [3.63, 3.8) is 0 Å². The summed E-state index contributed by atoms with van der Waals surface area (Å²) in [7, 11) is 0. The van der Waals surface area contributed by atoms with Gasteiger partial charge < -0.3 is 0 Å². The fourth-order valence-electron chi connectivity index (χ4n) is 2.73. The highest BCUT2D eigenvalue weighted by atomic mass is 16.1. The minimum atomic E-state index is -0.0231. The van der Waals surface area contributed by atoms with Gasteiger partial charge in [-0.15, -0.1) is 0 Å². The van der Waals surface area contributed by atoms with E-state index in [1.54, 1.807) is 12.2 Å². The van der Waals surface area contributed by atoms with Gasteiger partial charge in [-0.2, -0.15) is 0 Å². The van der Waals surface area contributed by atoms with Crippen LogP contribution in [0.1, 0.15) is 27.8 Å². The fourth-order valence-corrected chi connectivity index (χ4v) is 2.73. The van der Waals surface area contributed by atoms with Crippen LogP contribution in [-0.4, -0.2) is 5.78 Å². The average molecular weight is 338 g/mol. The highest BCUT2D eigenvalue weighted by molar-refractivity contribution is 6.08. The lowest BCUT2D eigenvalue weighted by atomic mass is 9.96. The van der Waals surface area contributed by atoms with Crippen LogP contribution >= 0.6 is 0 Å². The summed E-state index contributed by atoms with van der Waals surface area (Å²) in [5.41, 5.74) is 6.44. The molecule has 1 heteroatoms. The summed E-state index contributed by atoms with van der Waals surface area (Å²) in [4.78, 5) is 12.5. The molecule has 0 saturated heterocycles. The molecular formula is C25H22O. The maximum Gasteiger partial charge on any atom is 0.179 e. The number of allylic oxidation sites excluding steroid dienone is 2. The third-order valence-electron chi connectivity index (χ3n) is 4.25. The first-order chi connectivity index (χ1) is 12.6. The molecule has 0 heterocycles. The highest BCUT2D eigenvalue weighted by Gasteiger charge is 2.06. The van der Waals surface area contributed by atoms with Gasteiger partial charge in [-0.1, -0.05) is 96.1 Å². The fraction of sp³-hybridized carbons (Fsp3) is 0.0800. The molecule has 3 aromatic carbocycles. The van der Waals surface area contributed by atoms with Gasteiger partial charge in [0.2, 0.25) is 0 Å². The summed E-state index contributed by atoms with van der Waals surface area (Å²) in [6.07, 6.45) is 5.20. The summed E-state index contributed by atoms with van der Waals surface area (Å²) < 4.78 is 0. The Balaban J connectivity index is 1.91. The smallest absolute Gasteiger partial charge is 0.179 e. The van der Waals surface area contributed by atoms with Crippen molar-refractivity contribution < 1.29 is 4.79 Å². The predicted octanol–water partition coefficient (Wildman–Crippen LogP) is 6.02. The second kappa shape index (κ2) is 8.26. The van der Waals surface area contributed by atoms with E-state index >= 15 is 0 Å². The number of benzene rings is 3. The number of carbonyl (C=O) groups is 1. The second-order valence-corrected chi connectivity index (χ2v) is 6.44. The second-order valence-electron chi connectivity index (χ2n) is 6.44. The van der Waals surface area contributed by atoms with E-state index in [0.29, 0.717) is 0 Å². The van der Waals surface area contributed by atoms with Gasteiger partial charge in [-0.25, -0.2) is 0 Å². The van der Waals surface area contributed by atoms with Crippen LogP contribution in [0.25, 0.3) is 11.6 Å². The molecule has 3 aromatic rings. The minimum absolute atomic E-state index is 0.0231. The van der Waals surface area contributed by atoms with E-state index in [1.807, 2.05) is 60.7 Å². The Kier molecular flexibility index (Phi) is 5.60. The Morgan fingerprint density at radius 3 is 1.85 bits per heavy atom. The van der Waals surface area contributed by atoms with E-state index in [4.69, 9.17) is 0 Å². The average Bonchev–Trinajstić information content (AvgIpc) is 2.67. The monoisotopic (exact) mass is 338 g/mol. The van der Waals surface area contributed by atoms with E-state index in [9.17, 15) is 4.79 Å². The SMILES string of the molecule is Cc1ccc(/C=C/C(=O)/C=C(/c2ccccc2)c2ccc(C)cc2)cc1. The minimum Gasteiger partial charge on any atom is -0.290 e. The zero-order valence-corrected chi connectivity index (χ0v) is 15.1. The Morgan fingerprint density at radius 2 is 1.23 bits per heavy atom. The van der Waals surface area contributed by atoms with Crippen molar-refractivity contribution >= 4 is 17.4 Å². The summed E-state index contributed by atoms with van der Waals surface area (Å²) in [5, 5.41) is 0. The van der Waals surface area contributed by atoms with Gasteiger partial charge in [-0.05, 0) is 48.3 Å². The van der Waals surface area contributed by atoms with Crippen molar-refractivity contribution in [1.29, 1.82) is 0 Å². The van der Waals surface area contributed by atoms with Crippen LogP contribution in [0.2, 0.25) is 0 Å². The predicted molar refractivity (Wildman–Crippen MR) is 110 cm³/mol. The standard InChI is InChI=1S/C25H22O/c1-19-8-12-21(13-9-19)14-17-24(26)18-25(22-6-4-3-5-7-22)23-15-10-20(2)11-16-23/h3-18H,1-2H3/b17-14+,25-18-. The van der Waals surface area contributed by atoms with Crippen molar-refractivity contribution in [2.75, 3.05) is 0 Å². The Bertz CT molecular complexity index is 928. The molecule has 0 spiro atoms. The molecule has 0 aliphatic heterocycles. The van der Waals surface area contributed by atoms with Crippen LogP contribution in [0.15, 0.2) is 91.0 Å². The van der Waals surface area contributed by atoms with Gasteiger partial charge in [0.25, 0.3) is 0 Å². The Labute approximate surface area is 155 Å². The Hall–Kier alpha value is -3.19. The molecule has 128 valence electrons. The van der Waals surface area contributed by atoms with Crippen LogP contribution in [-0.2, 0) is 4.79 Å². The summed E-state index contributed by atoms with van der Waals surface area (Å²) in [6, 6.07) is 26.4. The third kappa shape index (κ3) is 4.67. The van der Waals surface area contributed by atoms with Crippen LogP contribution in [0.4, 0.5) is 0 Å².